The Hall–Kier alpha value is -2.64. The zero-order chi connectivity index (χ0) is 19.9. The Morgan fingerprint density at radius 1 is 1.03 bits per heavy atom. The number of anilines is 1. The average Bonchev–Trinajstić information content (AvgIpc) is 2.75. The molecule has 1 N–H and O–H groups in total. The Kier molecular flexibility index (Phi) is 6.59. The van der Waals surface area contributed by atoms with Crippen molar-refractivity contribution in [2.24, 2.45) is 0 Å². The fourth-order valence-corrected chi connectivity index (χ4v) is 4.50. The van der Waals surface area contributed by atoms with Crippen molar-refractivity contribution in [1.82, 2.24) is 4.98 Å². The molecule has 7 heteroatoms. The Bertz CT molecular complexity index is 969. The van der Waals surface area contributed by atoms with Gasteiger partial charge in [-0.15, -0.1) is 11.8 Å². The summed E-state index contributed by atoms with van der Waals surface area (Å²) in [6.45, 7) is 1.03. The molecule has 1 aromatic heterocycles. The van der Waals surface area contributed by atoms with Crippen LogP contribution in [0.25, 0.3) is 0 Å². The maximum Gasteiger partial charge on any atom is 0.234 e. The van der Waals surface area contributed by atoms with E-state index in [4.69, 9.17) is 9.47 Å². The summed E-state index contributed by atoms with van der Waals surface area (Å²) in [7, 11) is 0. The maximum absolute atomic E-state index is 12.5. The van der Waals surface area contributed by atoms with E-state index in [1.165, 1.54) is 0 Å². The molecule has 0 spiro atoms. The van der Waals surface area contributed by atoms with Crippen molar-refractivity contribution in [3.8, 4) is 11.5 Å². The molecule has 4 rings (SSSR count). The summed E-state index contributed by atoms with van der Waals surface area (Å²) in [6.07, 6.45) is 3.56. The predicted molar refractivity (Wildman–Crippen MR) is 117 cm³/mol. The lowest BCUT2D eigenvalue weighted by molar-refractivity contribution is -0.113. The van der Waals surface area contributed by atoms with Gasteiger partial charge in [-0.1, -0.05) is 36.0 Å². The Labute approximate surface area is 178 Å². The van der Waals surface area contributed by atoms with Gasteiger partial charge in [0.2, 0.25) is 5.91 Å². The molecule has 5 nitrogen and oxygen atoms in total. The number of fused-ring (bicyclic) bond motifs is 1. The summed E-state index contributed by atoms with van der Waals surface area (Å²) < 4.78 is 11.4. The molecule has 0 saturated heterocycles. The first-order valence-electron chi connectivity index (χ1n) is 9.21. The smallest absolute Gasteiger partial charge is 0.234 e. The summed E-state index contributed by atoms with van der Waals surface area (Å²) in [5, 5.41) is 3.04. The van der Waals surface area contributed by atoms with Crippen molar-refractivity contribution in [3.63, 3.8) is 0 Å². The third-order valence-corrected chi connectivity index (χ3v) is 6.18. The van der Waals surface area contributed by atoms with Crippen LogP contribution in [0.2, 0.25) is 0 Å². The molecular weight excluding hydrogens is 404 g/mol. The van der Waals surface area contributed by atoms with Crippen LogP contribution in [0.15, 0.2) is 76.8 Å². The minimum absolute atomic E-state index is 0.0505. The number of nitrogens with one attached hydrogen (secondary N) is 1. The van der Waals surface area contributed by atoms with Crippen molar-refractivity contribution < 1.29 is 14.3 Å². The van der Waals surface area contributed by atoms with Gasteiger partial charge in [-0.3, -0.25) is 9.78 Å². The van der Waals surface area contributed by atoms with E-state index in [9.17, 15) is 4.79 Å². The number of hydrogen-bond acceptors (Lipinski definition) is 6. The van der Waals surface area contributed by atoms with Crippen LogP contribution in [0.4, 0.5) is 5.69 Å². The van der Waals surface area contributed by atoms with E-state index in [0.29, 0.717) is 30.5 Å². The predicted octanol–water partition coefficient (Wildman–Crippen LogP) is 4.88. The number of thioether (sulfide) groups is 1. The molecule has 0 bridgehead atoms. The van der Waals surface area contributed by atoms with Gasteiger partial charge >= 0.3 is 0 Å². The van der Waals surface area contributed by atoms with Crippen molar-refractivity contribution in [2.75, 3.05) is 24.3 Å². The topological polar surface area (TPSA) is 60.5 Å². The number of hydrogen-bond donors (Lipinski definition) is 1. The molecule has 1 aliphatic rings. The van der Waals surface area contributed by atoms with Gasteiger partial charge in [0, 0.05) is 40.1 Å². The molecule has 29 heavy (non-hydrogen) atoms. The normalized spacial score (nSPS) is 12.4. The van der Waals surface area contributed by atoms with Gasteiger partial charge in [-0.2, -0.15) is 0 Å². The first kappa shape index (κ1) is 19.7. The fraction of sp³-hybridized carbons (Fsp3) is 0.182. The van der Waals surface area contributed by atoms with Crippen molar-refractivity contribution in [3.05, 3.63) is 72.6 Å². The molecule has 0 radical (unpaired) electrons. The minimum atomic E-state index is -0.0505. The highest BCUT2D eigenvalue weighted by Gasteiger charge is 2.18. The molecule has 0 aliphatic carbocycles. The fourth-order valence-electron chi connectivity index (χ4n) is 2.80. The number of carbonyl (C=O) groups is 1. The second kappa shape index (κ2) is 9.71. The molecule has 0 fully saturated rings. The number of benzene rings is 2. The van der Waals surface area contributed by atoms with E-state index in [2.05, 4.69) is 10.3 Å². The lowest BCUT2D eigenvalue weighted by Crippen LogP contribution is -2.18. The first-order valence-corrected chi connectivity index (χ1v) is 11.2. The molecule has 0 atom stereocenters. The lowest BCUT2D eigenvalue weighted by atomic mass is 10.2. The van der Waals surface area contributed by atoms with Crippen LogP contribution < -0.4 is 14.8 Å². The first-order chi connectivity index (χ1) is 14.3. The zero-order valence-corrected chi connectivity index (χ0v) is 17.3. The average molecular weight is 425 g/mol. The number of rotatable bonds is 7. The molecule has 0 unspecified atom stereocenters. The summed E-state index contributed by atoms with van der Waals surface area (Å²) >= 11 is 3.14. The third-order valence-electron chi connectivity index (χ3n) is 4.11. The Balaban J connectivity index is 1.46. The van der Waals surface area contributed by atoms with Gasteiger partial charge in [-0.05, 0) is 23.8 Å². The van der Waals surface area contributed by atoms with Crippen LogP contribution in [-0.2, 0) is 10.5 Å². The quantitative estimate of drug-likeness (QED) is 0.584. The number of nitrogens with zero attached hydrogens (tertiary/aromatic N) is 1. The number of carbonyl (C=O) groups excluding carboxylic acids is 1. The van der Waals surface area contributed by atoms with Crippen LogP contribution >= 0.6 is 23.5 Å². The summed E-state index contributed by atoms with van der Waals surface area (Å²) in [5.41, 5.74) is 1.83. The van der Waals surface area contributed by atoms with E-state index in [0.717, 1.165) is 26.8 Å². The van der Waals surface area contributed by atoms with Crippen LogP contribution in [0.5, 0.6) is 11.5 Å². The van der Waals surface area contributed by atoms with E-state index >= 15 is 0 Å². The van der Waals surface area contributed by atoms with Crippen molar-refractivity contribution >= 4 is 35.1 Å². The molecule has 1 aliphatic heterocycles. The van der Waals surface area contributed by atoms with E-state index in [-0.39, 0.29) is 5.91 Å². The van der Waals surface area contributed by atoms with Crippen molar-refractivity contribution in [2.45, 2.75) is 15.5 Å². The van der Waals surface area contributed by atoms with Gasteiger partial charge in [0.1, 0.15) is 13.2 Å². The van der Waals surface area contributed by atoms with Crippen LogP contribution in [-0.4, -0.2) is 29.9 Å². The summed E-state index contributed by atoms with van der Waals surface area (Å²) in [5.74, 6) is 2.42. The van der Waals surface area contributed by atoms with Gasteiger partial charge in [0.25, 0.3) is 0 Å². The van der Waals surface area contributed by atoms with Crippen molar-refractivity contribution in [1.29, 1.82) is 0 Å². The lowest BCUT2D eigenvalue weighted by Gasteiger charge is -2.21. The van der Waals surface area contributed by atoms with Crippen LogP contribution in [0.1, 0.15) is 5.56 Å². The number of aromatic nitrogens is 1. The number of amides is 1. The van der Waals surface area contributed by atoms with E-state index in [1.807, 2.05) is 60.8 Å². The minimum Gasteiger partial charge on any atom is -0.486 e. The summed E-state index contributed by atoms with van der Waals surface area (Å²) in [6, 6.07) is 17.7. The Morgan fingerprint density at radius 2 is 1.83 bits per heavy atom. The van der Waals surface area contributed by atoms with Gasteiger partial charge < -0.3 is 14.8 Å². The largest absolute Gasteiger partial charge is 0.486 e. The van der Waals surface area contributed by atoms with Crippen LogP contribution in [0, 0.1) is 0 Å². The molecule has 2 heterocycles. The van der Waals surface area contributed by atoms with E-state index < -0.39 is 0 Å². The van der Waals surface area contributed by atoms with Gasteiger partial charge in [0.05, 0.1) is 11.4 Å². The van der Waals surface area contributed by atoms with Gasteiger partial charge in [-0.25, -0.2) is 0 Å². The zero-order valence-electron chi connectivity index (χ0n) is 15.7. The third kappa shape index (κ3) is 5.46. The molecule has 2 aromatic carbocycles. The number of pyridine rings is 1. The highest BCUT2D eigenvalue weighted by atomic mass is 32.2. The highest BCUT2D eigenvalue weighted by Crippen LogP contribution is 2.42. The SMILES string of the molecule is O=C(CSCc1cccnc1)Nc1cc2c(cc1Sc1ccccc1)OCCO2. The monoisotopic (exact) mass is 424 g/mol. The van der Waals surface area contributed by atoms with Crippen LogP contribution in [0.3, 0.4) is 0 Å². The highest BCUT2D eigenvalue weighted by molar-refractivity contribution is 7.99. The second-order valence-electron chi connectivity index (χ2n) is 6.31. The maximum atomic E-state index is 12.5. The molecule has 0 saturated carbocycles. The molecule has 3 aromatic rings. The van der Waals surface area contributed by atoms with E-state index in [1.54, 1.807) is 29.7 Å². The molecule has 1 amide bonds. The standard InChI is InChI=1S/C22H20N2O3S2/c25-22(15-28-14-16-5-4-8-23-13-16)24-18-11-19-20(27-10-9-26-19)12-21(18)29-17-6-2-1-3-7-17/h1-8,11-13H,9-10,14-15H2,(H,24,25). The summed E-state index contributed by atoms with van der Waals surface area (Å²) in [4.78, 5) is 18.7. The second-order valence-corrected chi connectivity index (χ2v) is 8.41. The molecule has 148 valence electrons. The molecular formula is C22H20N2O3S2. The Morgan fingerprint density at radius 3 is 2.59 bits per heavy atom. The number of ether oxygens (including phenoxy) is 2. The van der Waals surface area contributed by atoms with Gasteiger partial charge in [0.15, 0.2) is 11.5 Å².